The van der Waals surface area contributed by atoms with E-state index in [-0.39, 0.29) is 11.9 Å². The molecule has 5 nitrogen and oxygen atoms in total. The Balaban J connectivity index is 2.21. The Hall–Kier alpha value is -2.30. The maximum atomic E-state index is 12.3. The van der Waals surface area contributed by atoms with E-state index in [9.17, 15) is 4.79 Å². The molecule has 1 heterocycles. The Morgan fingerprint density at radius 1 is 1.45 bits per heavy atom. The molecule has 1 aromatic carbocycles. The highest BCUT2D eigenvalue weighted by Gasteiger charge is 2.19. The lowest BCUT2D eigenvalue weighted by Crippen LogP contribution is -2.28. The number of aromatic amines is 1. The summed E-state index contributed by atoms with van der Waals surface area (Å²) in [7, 11) is 1.63. The van der Waals surface area contributed by atoms with Gasteiger partial charge in [-0.1, -0.05) is 25.1 Å². The monoisotopic (exact) mass is 273 g/mol. The number of aryl methyl sites for hydroxylation is 1. The number of nitrogens with zero attached hydrogens (tertiary/aromatic N) is 1. The van der Waals surface area contributed by atoms with Crippen LogP contribution >= 0.6 is 0 Å². The van der Waals surface area contributed by atoms with E-state index in [1.807, 2.05) is 38.1 Å². The van der Waals surface area contributed by atoms with Crippen LogP contribution in [0.25, 0.3) is 0 Å². The van der Waals surface area contributed by atoms with Crippen molar-refractivity contribution in [3.8, 4) is 5.75 Å². The third-order valence-electron chi connectivity index (χ3n) is 3.30. The standard InChI is InChI=1S/C15H19N3O2/c1-4-13(11-7-5-6-8-14(11)20-3)17-15(19)12-9-16-18-10(12)2/h5-9,13H,4H2,1-3H3,(H,16,18)(H,17,19). The van der Waals surface area contributed by atoms with Gasteiger partial charge in [-0.05, 0) is 19.4 Å². The number of nitrogens with one attached hydrogen (secondary N) is 2. The van der Waals surface area contributed by atoms with Gasteiger partial charge < -0.3 is 10.1 Å². The normalized spacial score (nSPS) is 11.9. The van der Waals surface area contributed by atoms with Crippen molar-refractivity contribution in [2.24, 2.45) is 0 Å². The first-order valence-corrected chi connectivity index (χ1v) is 6.61. The number of carbonyl (C=O) groups excluding carboxylic acids is 1. The van der Waals surface area contributed by atoms with Gasteiger partial charge in [-0.15, -0.1) is 0 Å². The van der Waals surface area contributed by atoms with Crippen molar-refractivity contribution in [2.75, 3.05) is 7.11 Å². The van der Waals surface area contributed by atoms with E-state index in [2.05, 4.69) is 15.5 Å². The van der Waals surface area contributed by atoms with Crippen molar-refractivity contribution in [1.82, 2.24) is 15.5 Å². The lowest BCUT2D eigenvalue weighted by atomic mass is 10.0. The maximum Gasteiger partial charge on any atom is 0.255 e. The second-order valence-corrected chi connectivity index (χ2v) is 4.58. The molecule has 1 aromatic heterocycles. The number of rotatable bonds is 5. The molecule has 5 heteroatoms. The van der Waals surface area contributed by atoms with Crippen LogP contribution in [0, 0.1) is 6.92 Å². The van der Waals surface area contributed by atoms with Gasteiger partial charge in [0.1, 0.15) is 5.75 Å². The number of para-hydroxylation sites is 1. The average Bonchev–Trinajstić information content (AvgIpc) is 2.90. The molecule has 1 unspecified atom stereocenters. The smallest absolute Gasteiger partial charge is 0.255 e. The third kappa shape index (κ3) is 2.82. The number of aromatic nitrogens is 2. The molecule has 0 radical (unpaired) electrons. The number of benzene rings is 1. The number of amides is 1. The van der Waals surface area contributed by atoms with Crippen LogP contribution in [0.4, 0.5) is 0 Å². The van der Waals surface area contributed by atoms with Gasteiger partial charge in [0.25, 0.3) is 5.91 Å². The van der Waals surface area contributed by atoms with Gasteiger partial charge in [-0.3, -0.25) is 9.89 Å². The largest absolute Gasteiger partial charge is 0.496 e. The fourth-order valence-corrected chi connectivity index (χ4v) is 2.17. The Morgan fingerprint density at radius 2 is 2.20 bits per heavy atom. The molecule has 0 aliphatic carbocycles. The molecule has 0 bridgehead atoms. The Bertz CT molecular complexity index is 592. The lowest BCUT2D eigenvalue weighted by molar-refractivity contribution is 0.0934. The predicted molar refractivity (Wildman–Crippen MR) is 76.8 cm³/mol. The molecule has 1 atom stereocenters. The zero-order valence-corrected chi connectivity index (χ0v) is 11.9. The van der Waals surface area contributed by atoms with Gasteiger partial charge in [0.15, 0.2) is 0 Å². The molecule has 0 spiro atoms. The molecule has 0 fully saturated rings. The Kier molecular flexibility index (Phi) is 4.40. The molecule has 2 N–H and O–H groups in total. The molecule has 106 valence electrons. The van der Waals surface area contributed by atoms with Gasteiger partial charge in [0, 0.05) is 11.3 Å². The molecule has 0 aliphatic rings. The second-order valence-electron chi connectivity index (χ2n) is 4.58. The summed E-state index contributed by atoms with van der Waals surface area (Å²) < 4.78 is 5.35. The van der Waals surface area contributed by atoms with Crippen molar-refractivity contribution in [3.63, 3.8) is 0 Å². The molecule has 2 aromatic rings. The van der Waals surface area contributed by atoms with Crippen LogP contribution in [0.2, 0.25) is 0 Å². The number of carbonyl (C=O) groups is 1. The number of hydrogen-bond acceptors (Lipinski definition) is 3. The van der Waals surface area contributed by atoms with Crippen molar-refractivity contribution in [2.45, 2.75) is 26.3 Å². The number of methoxy groups -OCH3 is 1. The highest BCUT2D eigenvalue weighted by Crippen LogP contribution is 2.27. The summed E-state index contributed by atoms with van der Waals surface area (Å²) in [5.74, 6) is 0.651. The van der Waals surface area contributed by atoms with E-state index in [1.165, 1.54) is 0 Å². The first kappa shape index (κ1) is 14.1. The van der Waals surface area contributed by atoms with Gasteiger partial charge in [0.05, 0.1) is 24.9 Å². The minimum Gasteiger partial charge on any atom is -0.496 e. The topological polar surface area (TPSA) is 67.0 Å². The summed E-state index contributed by atoms with van der Waals surface area (Å²) >= 11 is 0. The summed E-state index contributed by atoms with van der Waals surface area (Å²) in [6.07, 6.45) is 2.32. The van der Waals surface area contributed by atoms with E-state index in [0.717, 1.165) is 23.4 Å². The highest BCUT2D eigenvalue weighted by atomic mass is 16.5. The molecular weight excluding hydrogens is 254 g/mol. The molecule has 20 heavy (non-hydrogen) atoms. The Labute approximate surface area is 118 Å². The van der Waals surface area contributed by atoms with Crippen LogP contribution in [0.1, 0.15) is 41.0 Å². The van der Waals surface area contributed by atoms with Crippen LogP contribution < -0.4 is 10.1 Å². The molecule has 0 aliphatic heterocycles. The van der Waals surface area contributed by atoms with Gasteiger partial charge in [0.2, 0.25) is 0 Å². The van der Waals surface area contributed by atoms with Gasteiger partial charge in [-0.25, -0.2) is 0 Å². The first-order valence-electron chi connectivity index (χ1n) is 6.61. The molecule has 0 saturated carbocycles. The van der Waals surface area contributed by atoms with E-state index >= 15 is 0 Å². The van der Waals surface area contributed by atoms with E-state index in [0.29, 0.717) is 5.56 Å². The number of H-pyrrole nitrogens is 1. The van der Waals surface area contributed by atoms with E-state index in [4.69, 9.17) is 4.74 Å². The summed E-state index contributed by atoms with van der Waals surface area (Å²) in [5.41, 5.74) is 2.31. The average molecular weight is 273 g/mol. The predicted octanol–water partition coefficient (Wildman–Crippen LogP) is 2.61. The fourth-order valence-electron chi connectivity index (χ4n) is 2.17. The van der Waals surface area contributed by atoms with Crippen molar-refractivity contribution < 1.29 is 9.53 Å². The molecule has 2 rings (SSSR count). The lowest BCUT2D eigenvalue weighted by Gasteiger charge is -2.19. The van der Waals surface area contributed by atoms with Crippen LogP contribution in [0.5, 0.6) is 5.75 Å². The Morgan fingerprint density at radius 3 is 2.80 bits per heavy atom. The third-order valence-corrected chi connectivity index (χ3v) is 3.30. The fraction of sp³-hybridized carbons (Fsp3) is 0.333. The number of hydrogen-bond donors (Lipinski definition) is 2. The van der Waals surface area contributed by atoms with Crippen molar-refractivity contribution in [3.05, 3.63) is 47.3 Å². The summed E-state index contributed by atoms with van der Waals surface area (Å²) in [6, 6.07) is 7.63. The summed E-state index contributed by atoms with van der Waals surface area (Å²) in [5, 5.41) is 9.66. The second kappa shape index (κ2) is 6.23. The van der Waals surface area contributed by atoms with Crippen molar-refractivity contribution >= 4 is 5.91 Å². The minimum absolute atomic E-state index is 0.0899. The quantitative estimate of drug-likeness (QED) is 0.880. The van der Waals surface area contributed by atoms with Crippen LogP contribution in [-0.4, -0.2) is 23.2 Å². The minimum atomic E-state index is -0.131. The van der Waals surface area contributed by atoms with Gasteiger partial charge >= 0.3 is 0 Å². The summed E-state index contributed by atoms with van der Waals surface area (Å²) in [4.78, 5) is 12.3. The van der Waals surface area contributed by atoms with Crippen LogP contribution in [-0.2, 0) is 0 Å². The summed E-state index contributed by atoms with van der Waals surface area (Å²) in [6.45, 7) is 3.85. The first-order chi connectivity index (χ1) is 9.67. The van der Waals surface area contributed by atoms with Crippen LogP contribution in [0.15, 0.2) is 30.5 Å². The van der Waals surface area contributed by atoms with E-state index in [1.54, 1.807) is 13.3 Å². The highest BCUT2D eigenvalue weighted by molar-refractivity contribution is 5.95. The molecule has 0 saturated heterocycles. The van der Waals surface area contributed by atoms with Gasteiger partial charge in [-0.2, -0.15) is 5.10 Å². The maximum absolute atomic E-state index is 12.3. The van der Waals surface area contributed by atoms with Crippen molar-refractivity contribution in [1.29, 1.82) is 0 Å². The van der Waals surface area contributed by atoms with Crippen LogP contribution in [0.3, 0.4) is 0 Å². The van der Waals surface area contributed by atoms with E-state index < -0.39 is 0 Å². The zero-order chi connectivity index (χ0) is 14.5. The molecule has 1 amide bonds. The zero-order valence-electron chi connectivity index (χ0n) is 11.9. The number of ether oxygens (including phenoxy) is 1. The molecular formula is C15H19N3O2. The SMILES string of the molecule is CCC(NC(=O)c1cn[nH]c1C)c1ccccc1OC.